The second-order valence-electron chi connectivity index (χ2n) is 6.69. The SMILES string of the molecule is CN=C(NCc1ccccc1OC)NCC1(c2ccccc2C)CC1. The van der Waals surface area contributed by atoms with Crippen LogP contribution in [0.5, 0.6) is 5.75 Å². The van der Waals surface area contributed by atoms with Crippen LogP contribution in [0.4, 0.5) is 0 Å². The number of hydrogen-bond acceptors (Lipinski definition) is 2. The highest BCUT2D eigenvalue weighted by molar-refractivity contribution is 5.80. The molecule has 0 radical (unpaired) electrons. The highest BCUT2D eigenvalue weighted by atomic mass is 16.5. The van der Waals surface area contributed by atoms with Crippen LogP contribution in [0.2, 0.25) is 0 Å². The van der Waals surface area contributed by atoms with Gasteiger partial charge in [-0.05, 0) is 37.0 Å². The van der Waals surface area contributed by atoms with E-state index < -0.39 is 0 Å². The number of methoxy groups -OCH3 is 1. The van der Waals surface area contributed by atoms with E-state index >= 15 is 0 Å². The van der Waals surface area contributed by atoms with Crippen LogP contribution in [0.15, 0.2) is 53.5 Å². The van der Waals surface area contributed by atoms with Gasteiger partial charge in [0.1, 0.15) is 5.75 Å². The number of nitrogens with one attached hydrogen (secondary N) is 2. The Bertz CT molecular complexity index is 750. The van der Waals surface area contributed by atoms with E-state index in [0.717, 1.165) is 23.8 Å². The van der Waals surface area contributed by atoms with Crippen LogP contribution in [0.1, 0.15) is 29.5 Å². The highest BCUT2D eigenvalue weighted by Crippen LogP contribution is 2.48. The van der Waals surface area contributed by atoms with Gasteiger partial charge < -0.3 is 15.4 Å². The molecule has 2 aromatic carbocycles. The van der Waals surface area contributed by atoms with E-state index in [2.05, 4.69) is 52.9 Å². The second-order valence-corrected chi connectivity index (χ2v) is 6.69. The molecule has 2 aromatic rings. The van der Waals surface area contributed by atoms with Crippen LogP contribution in [-0.2, 0) is 12.0 Å². The molecule has 0 heterocycles. The highest BCUT2D eigenvalue weighted by Gasteiger charge is 2.44. The zero-order valence-corrected chi connectivity index (χ0v) is 15.3. The molecule has 0 unspecified atom stereocenters. The third-order valence-corrected chi connectivity index (χ3v) is 5.03. The van der Waals surface area contributed by atoms with Crippen LogP contribution in [0.25, 0.3) is 0 Å². The average molecular weight is 337 g/mol. The monoisotopic (exact) mass is 337 g/mol. The third-order valence-electron chi connectivity index (χ3n) is 5.03. The van der Waals surface area contributed by atoms with Crippen molar-refractivity contribution in [3.8, 4) is 5.75 Å². The van der Waals surface area contributed by atoms with Crippen LogP contribution >= 0.6 is 0 Å². The average Bonchev–Trinajstić information content (AvgIpc) is 3.43. The number of aliphatic imine (C=N–C) groups is 1. The lowest BCUT2D eigenvalue weighted by atomic mass is 9.92. The van der Waals surface area contributed by atoms with Gasteiger partial charge in [-0.25, -0.2) is 0 Å². The molecule has 2 N–H and O–H groups in total. The van der Waals surface area contributed by atoms with Gasteiger partial charge in [0.25, 0.3) is 0 Å². The fourth-order valence-electron chi connectivity index (χ4n) is 3.36. The lowest BCUT2D eigenvalue weighted by Gasteiger charge is -2.21. The Balaban J connectivity index is 1.59. The minimum Gasteiger partial charge on any atom is -0.496 e. The Morgan fingerprint density at radius 2 is 1.80 bits per heavy atom. The van der Waals surface area contributed by atoms with Crippen LogP contribution in [0, 0.1) is 6.92 Å². The van der Waals surface area contributed by atoms with E-state index in [9.17, 15) is 0 Å². The molecule has 0 spiro atoms. The Morgan fingerprint density at radius 3 is 2.48 bits per heavy atom. The van der Waals surface area contributed by atoms with Crippen molar-refractivity contribution >= 4 is 5.96 Å². The van der Waals surface area contributed by atoms with Crippen molar-refractivity contribution in [1.82, 2.24) is 10.6 Å². The van der Waals surface area contributed by atoms with Gasteiger partial charge in [-0.15, -0.1) is 0 Å². The summed E-state index contributed by atoms with van der Waals surface area (Å²) in [7, 11) is 3.51. The summed E-state index contributed by atoms with van der Waals surface area (Å²) in [4.78, 5) is 4.36. The minimum absolute atomic E-state index is 0.257. The van der Waals surface area contributed by atoms with E-state index in [-0.39, 0.29) is 5.41 Å². The fourth-order valence-corrected chi connectivity index (χ4v) is 3.36. The van der Waals surface area contributed by atoms with E-state index in [1.807, 2.05) is 25.2 Å². The Labute approximate surface area is 150 Å². The van der Waals surface area contributed by atoms with Crippen molar-refractivity contribution in [2.24, 2.45) is 4.99 Å². The Kier molecular flexibility index (Phi) is 5.27. The van der Waals surface area contributed by atoms with E-state index in [1.54, 1.807) is 7.11 Å². The summed E-state index contributed by atoms with van der Waals surface area (Å²) in [5, 5.41) is 6.89. The molecule has 0 aromatic heterocycles. The standard InChI is InChI=1S/C21H27N3O/c1-16-8-4-6-10-18(16)21(12-13-21)15-24-20(22-2)23-14-17-9-5-7-11-19(17)25-3/h4-11H,12-15H2,1-3H3,(H2,22,23,24). The molecule has 1 aliphatic carbocycles. The summed E-state index contributed by atoms with van der Waals surface area (Å²) < 4.78 is 5.41. The molecular formula is C21H27N3O. The predicted octanol–water partition coefficient (Wildman–Crippen LogP) is 3.40. The quantitative estimate of drug-likeness (QED) is 0.627. The summed E-state index contributed by atoms with van der Waals surface area (Å²) >= 11 is 0. The molecule has 0 amide bonds. The fraction of sp³-hybridized carbons (Fsp3) is 0.381. The summed E-state index contributed by atoms with van der Waals surface area (Å²) in [6, 6.07) is 16.7. The Morgan fingerprint density at radius 1 is 1.08 bits per heavy atom. The van der Waals surface area contributed by atoms with Gasteiger partial charge in [-0.3, -0.25) is 4.99 Å². The first-order valence-electron chi connectivity index (χ1n) is 8.81. The zero-order chi connectivity index (χ0) is 17.7. The number of aryl methyl sites for hydroxylation is 1. The lowest BCUT2D eigenvalue weighted by molar-refractivity contribution is 0.409. The number of hydrogen-bond donors (Lipinski definition) is 2. The predicted molar refractivity (Wildman–Crippen MR) is 103 cm³/mol. The van der Waals surface area contributed by atoms with Crippen molar-refractivity contribution in [2.75, 3.05) is 20.7 Å². The lowest BCUT2D eigenvalue weighted by Crippen LogP contribution is -2.41. The molecule has 0 saturated heterocycles. The van der Waals surface area contributed by atoms with Crippen molar-refractivity contribution < 1.29 is 4.74 Å². The third kappa shape index (κ3) is 3.95. The molecule has 132 valence electrons. The van der Waals surface area contributed by atoms with E-state index in [0.29, 0.717) is 6.54 Å². The number of benzene rings is 2. The van der Waals surface area contributed by atoms with Crippen molar-refractivity contribution in [2.45, 2.75) is 31.7 Å². The Hall–Kier alpha value is -2.49. The first-order valence-corrected chi connectivity index (χ1v) is 8.81. The summed E-state index contributed by atoms with van der Waals surface area (Å²) in [6.45, 7) is 3.79. The number of para-hydroxylation sites is 1. The molecule has 0 bridgehead atoms. The number of nitrogens with zero attached hydrogens (tertiary/aromatic N) is 1. The second kappa shape index (κ2) is 7.60. The molecule has 0 atom stereocenters. The minimum atomic E-state index is 0.257. The van der Waals surface area contributed by atoms with Gasteiger partial charge in [0.05, 0.1) is 7.11 Å². The van der Waals surface area contributed by atoms with Crippen molar-refractivity contribution in [3.05, 3.63) is 65.2 Å². The molecule has 0 aliphatic heterocycles. The molecule has 3 rings (SSSR count). The van der Waals surface area contributed by atoms with Gasteiger partial charge in [-0.2, -0.15) is 0 Å². The first kappa shape index (κ1) is 17.3. The maximum absolute atomic E-state index is 5.41. The molecule has 1 saturated carbocycles. The van der Waals surface area contributed by atoms with Gasteiger partial charge in [0.15, 0.2) is 5.96 Å². The largest absolute Gasteiger partial charge is 0.496 e. The van der Waals surface area contributed by atoms with Crippen LogP contribution in [0.3, 0.4) is 0 Å². The van der Waals surface area contributed by atoms with Crippen LogP contribution in [-0.4, -0.2) is 26.7 Å². The van der Waals surface area contributed by atoms with Gasteiger partial charge in [0, 0.05) is 31.1 Å². The maximum Gasteiger partial charge on any atom is 0.191 e. The van der Waals surface area contributed by atoms with Gasteiger partial charge in [-0.1, -0.05) is 42.5 Å². The van der Waals surface area contributed by atoms with Gasteiger partial charge in [0.2, 0.25) is 0 Å². The van der Waals surface area contributed by atoms with Gasteiger partial charge >= 0.3 is 0 Å². The summed E-state index contributed by atoms with van der Waals surface area (Å²) in [5.74, 6) is 1.72. The maximum atomic E-state index is 5.41. The number of rotatable bonds is 6. The number of guanidine groups is 1. The molecule has 4 nitrogen and oxygen atoms in total. The van der Waals surface area contributed by atoms with Crippen molar-refractivity contribution in [3.63, 3.8) is 0 Å². The molecular weight excluding hydrogens is 310 g/mol. The molecule has 25 heavy (non-hydrogen) atoms. The van der Waals surface area contributed by atoms with E-state index in [4.69, 9.17) is 4.74 Å². The first-order chi connectivity index (χ1) is 12.2. The molecule has 1 fully saturated rings. The summed E-state index contributed by atoms with van der Waals surface area (Å²) in [6.07, 6.45) is 2.46. The van der Waals surface area contributed by atoms with E-state index in [1.165, 1.54) is 24.0 Å². The molecule has 4 heteroatoms. The van der Waals surface area contributed by atoms with Crippen molar-refractivity contribution in [1.29, 1.82) is 0 Å². The normalized spacial score (nSPS) is 15.6. The van der Waals surface area contributed by atoms with Crippen LogP contribution < -0.4 is 15.4 Å². The summed E-state index contributed by atoms with van der Waals surface area (Å²) in [5.41, 5.74) is 4.21. The topological polar surface area (TPSA) is 45.7 Å². The number of ether oxygens (including phenoxy) is 1. The zero-order valence-electron chi connectivity index (χ0n) is 15.3. The smallest absolute Gasteiger partial charge is 0.191 e. The molecule has 1 aliphatic rings.